The van der Waals surface area contributed by atoms with Crippen molar-refractivity contribution in [3.63, 3.8) is 0 Å². The first-order valence-electron chi connectivity index (χ1n) is 2.87. The fraction of sp³-hybridized carbons (Fsp3) is 0.125. The summed E-state index contributed by atoms with van der Waals surface area (Å²) < 4.78 is 12.6. The van der Waals surface area contributed by atoms with Crippen molar-refractivity contribution in [2.45, 2.75) is 6.92 Å². The zero-order chi connectivity index (χ0) is 7.56. The molecule has 0 saturated heterocycles. The van der Waals surface area contributed by atoms with Crippen molar-refractivity contribution < 1.29 is 4.39 Å². The Morgan fingerprint density at radius 1 is 1.50 bits per heavy atom. The summed E-state index contributed by atoms with van der Waals surface area (Å²) >= 11 is 0. The Morgan fingerprint density at radius 3 is 2.70 bits per heavy atom. The van der Waals surface area contributed by atoms with Crippen LogP contribution in [0.25, 0.3) is 4.85 Å². The summed E-state index contributed by atoms with van der Waals surface area (Å²) in [4.78, 5) is 3.01. The number of nitrogens with zero attached hydrogens (tertiary/aromatic N) is 1. The molecule has 0 fully saturated rings. The first-order chi connectivity index (χ1) is 4.74. The fourth-order valence-corrected chi connectivity index (χ4v) is 0.708. The van der Waals surface area contributed by atoms with Gasteiger partial charge in [-0.25, -0.2) is 9.24 Å². The Morgan fingerprint density at radius 2 is 2.20 bits per heavy atom. The van der Waals surface area contributed by atoms with Crippen molar-refractivity contribution in [2.75, 3.05) is 0 Å². The second-order valence-electron chi connectivity index (χ2n) is 2.07. The SMILES string of the molecule is [C-]#[N+]c1cc(C)ccc1[18F]. The van der Waals surface area contributed by atoms with E-state index >= 15 is 0 Å². The molecule has 2 heteroatoms. The Hall–Kier alpha value is -1.36. The summed E-state index contributed by atoms with van der Waals surface area (Å²) in [5.41, 5.74) is 1.01. The van der Waals surface area contributed by atoms with Gasteiger partial charge in [0.25, 0.3) is 0 Å². The van der Waals surface area contributed by atoms with E-state index in [0.717, 1.165) is 5.56 Å². The van der Waals surface area contributed by atoms with Crippen LogP contribution in [0.3, 0.4) is 0 Å². The van der Waals surface area contributed by atoms with Gasteiger partial charge in [0.15, 0.2) is 0 Å². The summed E-state index contributed by atoms with van der Waals surface area (Å²) in [6.07, 6.45) is 0. The predicted octanol–water partition coefficient (Wildman–Crippen LogP) is 2.68. The summed E-state index contributed by atoms with van der Waals surface area (Å²) in [6.45, 7) is 8.39. The van der Waals surface area contributed by atoms with E-state index in [1.807, 2.05) is 6.92 Å². The van der Waals surface area contributed by atoms with Gasteiger partial charge in [-0.15, -0.1) is 0 Å². The van der Waals surface area contributed by atoms with Crippen molar-refractivity contribution in [3.8, 4) is 0 Å². The maximum absolute atomic E-state index is 12.6. The zero-order valence-corrected chi connectivity index (χ0v) is 5.56. The molecule has 10 heavy (non-hydrogen) atoms. The second kappa shape index (κ2) is 2.49. The Bertz CT molecular complexity index is 286. The third-order valence-electron chi connectivity index (χ3n) is 1.22. The number of rotatable bonds is 0. The van der Waals surface area contributed by atoms with Crippen LogP contribution in [0.1, 0.15) is 5.56 Å². The number of benzene rings is 1. The quantitative estimate of drug-likeness (QED) is 0.480. The highest BCUT2D eigenvalue weighted by Gasteiger charge is 1.98. The molecule has 0 unspecified atom stereocenters. The molecule has 50 valence electrons. The molecule has 1 nitrogen and oxygen atoms in total. The molecule has 0 radical (unpaired) electrons. The van der Waals surface area contributed by atoms with Gasteiger partial charge in [0.2, 0.25) is 5.69 Å². The van der Waals surface area contributed by atoms with Crippen molar-refractivity contribution in [1.82, 2.24) is 0 Å². The lowest BCUT2D eigenvalue weighted by molar-refractivity contribution is 0.633. The molecular weight excluding hydrogens is 128 g/mol. The summed E-state index contributed by atoms with van der Waals surface area (Å²) in [5, 5.41) is 0. The minimum atomic E-state index is -0.444. The van der Waals surface area contributed by atoms with E-state index in [1.54, 1.807) is 6.07 Å². The van der Waals surface area contributed by atoms with Gasteiger partial charge in [-0.2, -0.15) is 0 Å². The Kier molecular flexibility index (Phi) is 1.68. The van der Waals surface area contributed by atoms with Gasteiger partial charge in [0, 0.05) is 0 Å². The highest BCUT2D eigenvalue weighted by atomic mass is 18.2. The lowest BCUT2D eigenvalue weighted by atomic mass is 10.2. The van der Waals surface area contributed by atoms with Gasteiger partial charge in [0.05, 0.1) is 6.57 Å². The average Bonchev–Trinajstić information content (AvgIpc) is 1.94. The highest BCUT2D eigenvalue weighted by Crippen LogP contribution is 2.18. The third-order valence-corrected chi connectivity index (χ3v) is 1.22. The van der Waals surface area contributed by atoms with Crippen molar-refractivity contribution >= 4 is 5.69 Å². The molecule has 0 bridgehead atoms. The zero-order valence-electron chi connectivity index (χ0n) is 5.56. The van der Waals surface area contributed by atoms with Crippen molar-refractivity contribution in [2.24, 2.45) is 0 Å². The minimum absolute atomic E-state index is 0.0972. The van der Waals surface area contributed by atoms with Crippen molar-refractivity contribution in [1.29, 1.82) is 0 Å². The van der Waals surface area contributed by atoms with Crippen LogP contribution in [0.4, 0.5) is 10.1 Å². The maximum atomic E-state index is 12.6. The standard InChI is InChI=1S/C8H6FN/c1-6-3-4-7(9)8(5-6)10-2/h3-5H,1H3/i9-1. The molecule has 1 aromatic rings. The number of halogens is 1. The molecule has 0 spiro atoms. The lowest BCUT2D eigenvalue weighted by Crippen LogP contribution is -1.74. The molecule has 1 rings (SSSR count). The minimum Gasteiger partial charge on any atom is -0.235 e. The summed E-state index contributed by atoms with van der Waals surface area (Å²) in [6, 6.07) is 4.48. The Balaban J connectivity index is 3.25. The molecule has 0 aliphatic heterocycles. The average molecular weight is 134 g/mol. The molecule has 0 aliphatic carbocycles. The van der Waals surface area contributed by atoms with E-state index in [-0.39, 0.29) is 5.69 Å². The largest absolute Gasteiger partial charge is 0.235 e. The van der Waals surface area contributed by atoms with Crippen molar-refractivity contribution in [3.05, 3.63) is 41.0 Å². The van der Waals surface area contributed by atoms with Gasteiger partial charge >= 0.3 is 0 Å². The van der Waals surface area contributed by atoms with Crippen LogP contribution in [-0.2, 0) is 0 Å². The first-order valence-corrected chi connectivity index (χ1v) is 2.87. The molecule has 0 atom stereocenters. The highest BCUT2D eigenvalue weighted by molar-refractivity contribution is 5.47. The van der Waals surface area contributed by atoms with E-state index in [1.165, 1.54) is 12.1 Å². The summed E-state index contributed by atoms with van der Waals surface area (Å²) in [7, 11) is 0. The Labute approximate surface area is 58.9 Å². The molecule has 1 aromatic carbocycles. The molecule has 0 aromatic heterocycles. The van der Waals surface area contributed by atoms with Gasteiger partial charge in [-0.3, -0.25) is 0 Å². The van der Waals surface area contributed by atoms with Gasteiger partial charge in [-0.1, -0.05) is 17.7 Å². The molecular formula is C8H6FN. The van der Waals surface area contributed by atoms with Crippen LogP contribution < -0.4 is 0 Å². The van der Waals surface area contributed by atoms with Crippen LogP contribution in [0.5, 0.6) is 0 Å². The maximum Gasteiger partial charge on any atom is 0.222 e. The van der Waals surface area contributed by atoms with E-state index < -0.39 is 5.82 Å². The van der Waals surface area contributed by atoms with Gasteiger partial charge in [0.1, 0.15) is 5.82 Å². The fourth-order valence-electron chi connectivity index (χ4n) is 0.708. The van der Waals surface area contributed by atoms with Gasteiger partial charge in [-0.05, 0) is 13.0 Å². The van der Waals surface area contributed by atoms with E-state index in [4.69, 9.17) is 6.57 Å². The molecule has 0 N–H and O–H groups in total. The molecule has 0 saturated carbocycles. The topological polar surface area (TPSA) is 4.36 Å². The third kappa shape index (κ3) is 1.14. The smallest absolute Gasteiger partial charge is 0.222 e. The van der Waals surface area contributed by atoms with Crippen LogP contribution in [0.15, 0.2) is 18.2 Å². The van der Waals surface area contributed by atoms with Crippen LogP contribution in [0, 0.1) is 19.3 Å². The van der Waals surface area contributed by atoms with E-state index in [2.05, 4.69) is 4.85 Å². The summed E-state index contributed by atoms with van der Waals surface area (Å²) in [5.74, 6) is -0.444. The number of hydrogen-bond donors (Lipinski definition) is 0. The first kappa shape index (κ1) is 6.76. The second-order valence-corrected chi connectivity index (χ2v) is 2.07. The van der Waals surface area contributed by atoms with Crippen LogP contribution in [-0.4, -0.2) is 0 Å². The monoisotopic (exact) mass is 134 g/mol. The van der Waals surface area contributed by atoms with Crippen LogP contribution >= 0.6 is 0 Å². The molecule has 0 amide bonds. The molecule has 0 heterocycles. The predicted molar refractivity (Wildman–Crippen MR) is 37.4 cm³/mol. The van der Waals surface area contributed by atoms with Crippen LogP contribution in [0.2, 0.25) is 0 Å². The number of hydrogen-bond acceptors (Lipinski definition) is 0. The van der Waals surface area contributed by atoms with Gasteiger partial charge < -0.3 is 0 Å². The number of aryl methyl sites for hydroxylation is 1. The molecule has 0 aliphatic rings. The van der Waals surface area contributed by atoms with E-state index in [9.17, 15) is 4.39 Å². The lowest BCUT2D eigenvalue weighted by Gasteiger charge is -1.93. The normalized spacial score (nSPS) is 8.90. The van der Waals surface area contributed by atoms with E-state index in [0.29, 0.717) is 0 Å².